The predicted molar refractivity (Wildman–Crippen MR) is 83.0 cm³/mol. The molecular formula is C18H16O3. The average Bonchev–Trinajstić information content (AvgIpc) is 2.51. The van der Waals surface area contributed by atoms with Crippen LogP contribution >= 0.6 is 0 Å². The summed E-state index contributed by atoms with van der Waals surface area (Å²) in [6.45, 7) is 0.539. The highest BCUT2D eigenvalue weighted by Gasteiger charge is 1.95. The predicted octanol–water partition coefficient (Wildman–Crippen LogP) is 3.92. The van der Waals surface area contributed by atoms with Gasteiger partial charge in [-0.05, 0) is 23.3 Å². The van der Waals surface area contributed by atoms with Crippen molar-refractivity contribution in [2.45, 2.75) is 6.61 Å². The molecule has 3 nitrogen and oxygen atoms in total. The second-order valence-corrected chi connectivity index (χ2v) is 4.40. The lowest BCUT2D eigenvalue weighted by molar-refractivity contribution is -0.131. The van der Waals surface area contributed by atoms with Crippen LogP contribution in [0.3, 0.4) is 0 Å². The lowest BCUT2D eigenvalue weighted by atomic mass is 10.2. The molecule has 0 bridgehead atoms. The Hall–Kier alpha value is -2.81. The maximum Gasteiger partial charge on any atom is 0.328 e. The molecule has 2 aromatic carbocycles. The minimum Gasteiger partial charge on any atom is -0.489 e. The molecule has 0 heterocycles. The summed E-state index contributed by atoms with van der Waals surface area (Å²) in [5.41, 5.74) is 2.11. The monoisotopic (exact) mass is 280 g/mol. The highest BCUT2D eigenvalue weighted by atomic mass is 16.5. The lowest BCUT2D eigenvalue weighted by Crippen LogP contribution is -1.94. The van der Waals surface area contributed by atoms with Crippen molar-refractivity contribution in [1.29, 1.82) is 0 Å². The Morgan fingerprint density at radius 2 is 1.71 bits per heavy atom. The first kappa shape index (κ1) is 14.6. The van der Waals surface area contributed by atoms with Crippen LogP contribution in [0.15, 0.2) is 72.8 Å². The first-order valence-corrected chi connectivity index (χ1v) is 6.58. The molecule has 1 N–H and O–H groups in total. The molecule has 0 unspecified atom stereocenters. The number of allylic oxidation sites excluding steroid dienone is 2. The molecule has 0 aliphatic carbocycles. The fourth-order valence-corrected chi connectivity index (χ4v) is 1.72. The molecule has 0 radical (unpaired) electrons. The van der Waals surface area contributed by atoms with Gasteiger partial charge in [-0.25, -0.2) is 4.79 Å². The van der Waals surface area contributed by atoms with Gasteiger partial charge in [0.05, 0.1) is 0 Å². The molecule has 21 heavy (non-hydrogen) atoms. The van der Waals surface area contributed by atoms with Crippen molar-refractivity contribution >= 4 is 12.0 Å². The quantitative estimate of drug-likeness (QED) is 0.644. The van der Waals surface area contributed by atoms with Gasteiger partial charge in [0, 0.05) is 6.08 Å². The second-order valence-electron chi connectivity index (χ2n) is 4.40. The Morgan fingerprint density at radius 3 is 2.38 bits per heavy atom. The van der Waals surface area contributed by atoms with Gasteiger partial charge < -0.3 is 9.84 Å². The summed E-state index contributed by atoms with van der Waals surface area (Å²) in [6.07, 6.45) is 6.10. The van der Waals surface area contributed by atoms with Gasteiger partial charge in [0.2, 0.25) is 0 Å². The van der Waals surface area contributed by atoms with Gasteiger partial charge in [0.15, 0.2) is 0 Å². The first-order chi connectivity index (χ1) is 10.2. The molecule has 2 rings (SSSR count). The fourth-order valence-electron chi connectivity index (χ4n) is 1.72. The highest BCUT2D eigenvalue weighted by molar-refractivity contribution is 5.80. The van der Waals surface area contributed by atoms with Gasteiger partial charge in [0.25, 0.3) is 0 Å². The van der Waals surface area contributed by atoms with Crippen LogP contribution in [0.4, 0.5) is 0 Å². The number of carbonyl (C=O) groups is 1. The zero-order chi connectivity index (χ0) is 14.9. The minimum atomic E-state index is -0.954. The van der Waals surface area contributed by atoms with Gasteiger partial charge >= 0.3 is 5.97 Å². The van der Waals surface area contributed by atoms with E-state index in [1.807, 2.05) is 60.7 Å². The average molecular weight is 280 g/mol. The van der Waals surface area contributed by atoms with Gasteiger partial charge in [-0.3, -0.25) is 0 Å². The van der Waals surface area contributed by atoms with Crippen molar-refractivity contribution in [3.05, 3.63) is 84.0 Å². The standard InChI is InChI=1S/C18H16O3/c19-18(20)9-5-4-6-15-10-12-17(13-11-15)21-14-16-7-2-1-3-8-16/h1-13H,14H2,(H,19,20)/b6-4+,9-5+. The number of ether oxygens (including phenoxy) is 1. The van der Waals surface area contributed by atoms with Crippen LogP contribution < -0.4 is 4.74 Å². The maximum atomic E-state index is 10.3. The van der Waals surface area contributed by atoms with Crippen LogP contribution in [0.5, 0.6) is 5.75 Å². The molecule has 0 amide bonds. The normalized spacial score (nSPS) is 11.0. The number of carboxylic acids is 1. The van der Waals surface area contributed by atoms with Crippen molar-refractivity contribution in [2.24, 2.45) is 0 Å². The summed E-state index contributed by atoms with van der Waals surface area (Å²) >= 11 is 0. The number of carboxylic acid groups (broad SMARTS) is 1. The molecule has 0 aliphatic rings. The Bertz CT molecular complexity index is 625. The maximum absolute atomic E-state index is 10.3. The SMILES string of the molecule is O=C(O)/C=C/C=C/c1ccc(OCc2ccccc2)cc1. The zero-order valence-corrected chi connectivity index (χ0v) is 11.5. The minimum absolute atomic E-state index is 0.539. The lowest BCUT2D eigenvalue weighted by Gasteiger charge is -2.06. The molecule has 2 aromatic rings. The molecule has 0 saturated heterocycles. The van der Waals surface area contributed by atoms with Gasteiger partial charge in [-0.15, -0.1) is 0 Å². The van der Waals surface area contributed by atoms with E-state index in [4.69, 9.17) is 9.84 Å². The fraction of sp³-hybridized carbons (Fsp3) is 0.0556. The number of hydrogen-bond acceptors (Lipinski definition) is 2. The molecule has 0 aliphatic heterocycles. The Kier molecular flexibility index (Phi) is 5.35. The number of rotatable bonds is 6. The van der Waals surface area contributed by atoms with Crippen LogP contribution in [0.2, 0.25) is 0 Å². The third-order valence-electron chi connectivity index (χ3n) is 2.77. The molecule has 0 spiro atoms. The largest absolute Gasteiger partial charge is 0.489 e. The van der Waals surface area contributed by atoms with Crippen LogP contribution in [0.1, 0.15) is 11.1 Å². The Balaban J connectivity index is 1.88. The van der Waals surface area contributed by atoms with E-state index in [0.29, 0.717) is 6.61 Å². The summed E-state index contributed by atoms with van der Waals surface area (Å²) in [6, 6.07) is 17.6. The molecular weight excluding hydrogens is 264 g/mol. The second kappa shape index (κ2) is 7.70. The summed E-state index contributed by atoms with van der Waals surface area (Å²) < 4.78 is 5.69. The van der Waals surface area contributed by atoms with E-state index in [1.165, 1.54) is 6.08 Å². The highest BCUT2D eigenvalue weighted by Crippen LogP contribution is 2.15. The zero-order valence-electron chi connectivity index (χ0n) is 11.5. The van der Waals surface area contributed by atoms with Crippen LogP contribution in [0, 0.1) is 0 Å². The number of hydrogen-bond donors (Lipinski definition) is 1. The molecule has 0 atom stereocenters. The summed E-state index contributed by atoms with van der Waals surface area (Å²) in [4.78, 5) is 10.3. The van der Waals surface area contributed by atoms with Gasteiger partial charge in [-0.1, -0.05) is 60.7 Å². The molecule has 106 valence electrons. The van der Waals surface area contributed by atoms with Crippen molar-refractivity contribution in [2.75, 3.05) is 0 Å². The summed E-state index contributed by atoms with van der Waals surface area (Å²) in [5, 5.41) is 8.46. The van der Waals surface area contributed by atoms with Crippen molar-refractivity contribution in [3.8, 4) is 5.75 Å². The molecule has 0 aromatic heterocycles. The van der Waals surface area contributed by atoms with Crippen LogP contribution in [-0.4, -0.2) is 11.1 Å². The third kappa shape index (κ3) is 5.37. The molecule has 0 saturated carbocycles. The van der Waals surface area contributed by atoms with E-state index in [0.717, 1.165) is 23.0 Å². The van der Waals surface area contributed by atoms with E-state index in [9.17, 15) is 4.79 Å². The van der Waals surface area contributed by atoms with E-state index in [-0.39, 0.29) is 0 Å². The summed E-state index contributed by atoms with van der Waals surface area (Å²) in [7, 11) is 0. The van der Waals surface area contributed by atoms with Gasteiger partial charge in [-0.2, -0.15) is 0 Å². The topological polar surface area (TPSA) is 46.5 Å². The molecule has 0 fully saturated rings. The third-order valence-corrected chi connectivity index (χ3v) is 2.77. The summed E-state index contributed by atoms with van der Waals surface area (Å²) in [5.74, 6) is -0.151. The van der Waals surface area contributed by atoms with Crippen molar-refractivity contribution in [1.82, 2.24) is 0 Å². The van der Waals surface area contributed by atoms with Gasteiger partial charge in [0.1, 0.15) is 12.4 Å². The van der Waals surface area contributed by atoms with Crippen LogP contribution in [0.25, 0.3) is 6.08 Å². The number of benzene rings is 2. The van der Waals surface area contributed by atoms with E-state index >= 15 is 0 Å². The van der Waals surface area contributed by atoms with E-state index in [2.05, 4.69) is 0 Å². The Labute approximate surface area is 123 Å². The number of aliphatic carboxylic acids is 1. The van der Waals surface area contributed by atoms with E-state index in [1.54, 1.807) is 6.08 Å². The van der Waals surface area contributed by atoms with E-state index < -0.39 is 5.97 Å². The molecule has 3 heteroatoms. The van der Waals surface area contributed by atoms with Crippen LogP contribution in [-0.2, 0) is 11.4 Å². The first-order valence-electron chi connectivity index (χ1n) is 6.58. The van der Waals surface area contributed by atoms with Crippen molar-refractivity contribution in [3.63, 3.8) is 0 Å². The van der Waals surface area contributed by atoms with Crippen molar-refractivity contribution < 1.29 is 14.6 Å². The smallest absolute Gasteiger partial charge is 0.328 e. The Morgan fingerprint density at radius 1 is 1.00 bits per heavy atom.